The van der Waals surface area contributed by atoms with Gasteiger partial charge < -0.3 is 35.0 Å². The molecule has 0 amide bonds. The minimum Gasteiger partial charge on any atom is -0.481 e. The van der Waals surface area contributed by atoms with Gasteiger partial charge in [0, 0.05) is 5.41 Å². The van der Waals surface area contributed by atoms with E-state index in [4.69, 9.17) is 9.47 Å². The minimum absolute atomic E-state index is 0.0143. The molecule has 43 heavy (non-hydrogen) atoms. The lowest BCUT2D eigenvalue weighted by Crippen LogP contribution is -2.67. The van der Waals surface area contributed by atoms with E-state index < -0.39 is 41.4 Å². The van der Waals surface area contributed by atoms with E-state index in [1.54, 1.807) is 0 Å². The second-order valence-electron chi connectivity index (χ2n) is 16.7. The van der Waals surface area contributed by atoms with Gasteiger partial charge in [-0.2, -0.15) is 0 Å². The standard InChI is InChI=1S/C35H56O8/c1-19-9-14-35(30(40)41)16-15-33(5)21(26(35)20(19)2)7-8-24-31(3)12-11-25(43-29-28(39)27(38)22(37)17-42-29)32(4,18-36)23(31)10-13-34(24,33)6/h7,19-20,22-29,36-39H,8-18H2,1-6H3,(H,40,41)/t19-,20+,22+,23-,24-,25?,26+,27+,28-,29+,31+,32+,33-,34-,35+/m1/s1. The van der Waals surface area contributed by atoms with Crippen LogP contribution in [0.25, 0.3) is 0 Å². The van der Waals surface area contributed by atoms with Gasteiger partial charge >= 0.3 is 5.97 Å². The van der Waals surface area contributed by atoms with Crippen molar-refractivity contribution in [3.05, 3.63) is 11.6 Å². The summed E-state index contributed by atoms with van der Waals surface area (Å²) in [6.07, 6.45) is 5.14. The third-order valence-corrected chi connectivity index (χ3v) is 15.3. The Morgan fingerprint density at radius 2 is 1.67 bits per heavy atom. The number of fused-ring (bicyclic) bond motifs is 7. The molecule has 8 nitrogen and oxygen atoms in total. The summed E-state index contributed by atoms with van der Waals surface area (Å²) in [4.78, 5) is 13.0. The van der Waals surface area contributed by atoms with Gasteiger partial charge in [-0.25, -0.2) is 0 Å². The third-order valence-electron chi connectivity index (χ3n) is 15.3. The lowest BCUT2D eigenvalue weighted by atomic mass is 9.33. The van der Waals surface area contributed by atoms with Crippen LogP contribution in [0.1, 0.15) is 99.3 Å². The highest BCUT2D eigenvalue weighted by atomic mass is 16.7. The van der Waals surface area contributed by atoms with E-state index in [2.05, 4.69) is 47.6 Å². The van der Waals surface area contributed by atoms with Gasteiger partial charge in [-0.1, -0.05) is 53.2 Å². The summed E-state index contributed by atoms with van der Waals surface area (Å²) in [5.41, 5.74) is 0.0965. The summed E-state index contributed by atoms with van der Waals surface area (Å²) in [5, 5.41) is 52.4. The molecule has 15 atom stereocenters. The molecule has 5 fully saturated rings. The number of ether oxygens (including phenoxy) is 2. The predicted octanol–water partition coefficient (Wildman–Crippen LogP) is 4.53. The second-order valence-corrected chi connectivity index (χ2v) is 16.7. The normalized spacial score (nSPS) is 56.6. The fourth-order valence-corrected chi connectivity index (χ4v) is 12.1. The monoisotopic (exact) mass is 604 g/mol. The summed E-state index contributed by atoms with van der Waals surface area (Å²) >= 11 is 0. The molecule has 6 rings (SSSR count). The molecule has 0 aromatic carbocycles. The van der Waals surface area contributed by atoms with Gasteiger partial charge in [-0.05, 0) is 104 Å². The molecule has 0 radical (unpaired) electrons. The fraction of sp³-hybridized carbons (Fsp3) is 0.914. The average molecular weight is 605 g/mol. The van der Waals surface area contributed by atoms with Crippen molar-refractivity contribution in [2.24, 2.45) is 56.7 Å². The molecule has 1 aliphatic heterocycles. The van der Waals surface area contributed by atoms with E-state index in [1.165, 1.54) is 5.57 Å². The average Bonchev–Trinajstić information content (AvgIpc) is 2.96. The van der Waals surface area contributed by atoms with Crippen LogP contribution in [-0.2, 0) is 14.3 Å². The number of aliphatic hydroxyl groups is 4. The Balaban J connectivity index is 1.33. The first-order valence-corrected chi connectivity index (χ1v) is 17.0. The van der Waals surface area contributed by atoms with Crippen molar-refractivity contribution >= 4 is 5.97 Å². The smallest absolute Gasteiger partial charge is 0.310 e. The van der Waals surface area contributed by atoms with E-state index in [0.717, 1.165) is 51.4 Å². The number of carboxylic acid groups (broad SMARTS) is 1. The minimum atomic E-state index is -1.36. The van der Waals surface area contributed by atoms with E-state index in [0.29, 0.717) is 24.2 Å². The quantitative estimate of drug-likeness (QED) is 0.233. The Hall–Kier alpha value is -1.03. The van der Waals surface area contributed by atoms with Crippen molar-refractivity contribution in [2.75, 3.05) is 13.2 Å². The van der Waals surface area contributed by atoms with Crippen molar-refractivity contribution < 1.29 is 39.8 Å². The van der Waals surface area contributed by atoms with Crippen LogP contribution >= 0.6 is 0 Å². The molecule has 5 N–H and O–H groups in total. The molecule has 5 aliphatic carbocycles. The molecule has 0 bridgehead atoms. The lowest BCUT2D eigenvalue weighted by molar-refractivity contribution is -0.312. The van der Waals surface area contributed by atoms with Gasteiger partial charge in [0.2, 0.25) is 0 Å². The zero-order chi connectivity index (χ0) is 31.3. The Morgan fingerprint density at radius 3 is 2.35 bits per heavy atom. The molecule has 4 saturated carbocycles. The highest BCUT2D eigenvalue weighted by Gasteiger charge is 2.70. The summed E-state index contributed by atoms with van der Waals surface area (Å²) in [6.45, 7) is 13.9. The van der Waals surface area contributed by atoms with Gasteiger partial charge in [0.15, 0.2) is 6.29 Å². The van der Waals surface area contributed by atoms with Crippen molar-refractivity contribution in [2.45, 2.75) is 130 Å². The molecule has 0 aromatic heterocycles. The number of carboxylic acids is 1. The first-order valence-electron chi connectivity index (χ1n) is 17.0. The summed E-state index contributed by atoms with van der Waals surface area (Å²) < 4.78 is 12.0. The maximum absolute atomic E-state index is 13.0. The van der Waals surface area contributed by atoms with Crippen LogP contribution in [0.5, 0.6) is 0 Å². The molecule has 1 unspecified atom stereocenters. The number of rotatable bonds is 4. The van der Waals surface area contributed by atoms with E-state index in [1.807, 2.05) is 0 Å². The zero-order valence-corrected chi connectivity index (χ0v) is 27.1. The Kier molecular flexibility index (Phi) is 7.79. The van der Waals surface area contributed by atoms with E-state index in [9.17, 15) is 30.3 Å². The third kappa shape index (κ3) is 4.18. The molecule has 0 spiro atoms. The second kappa shape index (κ2) is 10.5. The van der Waals surface area contributed by atoms with Crippen LogP contribution in [0.4, 0.5) is 0 Å². The summed E-state index contributed by atoms with van der Waals surface area (Å²) in [7, 11) is 0. The van der Waals surface area contributed by atoms with Crippen LogP contribution in [-0.4, -0.2) is 75.4 Å². The highest BCUT2D eigenvalue weighted by Crippen LogP contribution is 2.76. The van der Waals surface area contributed by atoms with Gasteiger partial charge in [-0.15, -0.1) is 0 Å². The van der Waals surface area contributed by atoms with Gasteiger partial charge in [0.25, 0.3) is 0 Å². The van der Waals surface area contributed by atoms with Crippen LogP contribution in [0.15, 0.2) is 11.6 Å². The number of hydrogen-bond donors (Lipinski definition) is 5. The molecule has 8 heteroatoms. The Labute approximate surface area is 257 Å². The van der Waals surface area contributed by atoms with Crippen molar-refractivity contribution in [1.82, 2.24) is 0 Å². The van der Waals surface area contributed by atoms with Crippen LogP contribution in [0.2, 0.25) is 0 Å². The molecular weight excluding hydrogens is 548 g/mol. The van der Waals surface area contributed by atoms with Gasteiger partial charge in [0.05, 0.1) is 24.7 Å². The first-order chi connectivity index (χ1) is 20.1. The number of carbonyl (C=O) groups is 1. The lowest BCUT2D eigenvalue weighted by Gasteiger charge is -2.71. The summed E-state index contributed by atoms with van der Waals surface area (Å²) in [6, 6.07) is 0. The molecular formula is C35H56O8. The van der Waals surface area contributed by atoms with E-state index in [-0.39, 0.29) is 47.4 Å². The zero-order valence-electron chi connectivity index (χ0n) is 27.1. The topological polar surface area (TPSA) is 137 Å². The Morgan fingerprint density at radius 1 is 0.953 bits per heavy atom. The summed E-state index contributed by atoms with van der Waals surface area (Å²) in [5.74, 6) is 0.904. The number of aliphatic hydroxyl groups excluding tert-OH is 4. The number of allylic oxidation sites excluding steroid dienone is 2. The predicted molar refractivity (Wildman–Crippen MR) is 161 cm³/mol. The maximum atomic E-state index is 13.0. The van der Waals surface area contributed by atoms with Gasteiger partial charge in [-0.3, -0.25) is 4.79 Å². The molecule has 244 valence electrons. The van der Waals surface area contributed by atoms with Gasteiger partial charge in [0.1, 0.15) is 18.3 Å². The molecule has 1 heterocycles. The van der Waals surface area contributed by atoms with E-state index >= 15 is 0 Å². The maximum Gasteiger partial charge on any atom is 0.310 e. The SMILES string of the molecule is C[C@H]1[C@H](C)CC[C@]2(C(=O)O)CC[C@]3(C)C(=CC[C@@H]4[C@@]5(C)CCC(O[C@@H]6OC[C@H](O)[C@H](O)[C@H]6O)[C@@](C)(CO)[C@@H]5CC[C@]43C)[C@H]12. The highest BCUT2D eigenvalue weighted by molar-refractivity contribution is 5.76. The van der Waals surface area contributed by atoms with Crippen molar-refractivity contribution in [3.63, 3.8) is 0 Å². The van der Waals surface area contributed by atoms with Crippen LogP contribution in [0, 0.1) is 56.7 Å². The number of hydrogen-bond acceptors (Lipinski definition) is 7. The first kappa shape index (κ1) is 31.9. The Bertz CT molecular complexity index is 1140. The van der Waals surface area contributed by atoms with Crippen LogP contribution in [0.3, 0.4) is 0 Å². The molecule has 1 saturated heterocycles. The van der Waals surface area contributed by atoms with Crippen molar-refractivity contribution in [3.8, 4) is 0 Å². The molecule has 6 aliphatic rings. The van der Waals surface area contributed by atoms with Crippen molar-refractivity contribution in [1.29, 1.82) is 0 Å². The largest absolute Gasteiger partial charge is 0.481 e. The molecule has 0 aromatic rings. The fourth-order valence-electron chi connectivity index (χ4n) is 12.1. The van der Waals surface area contributed by atoms with Crippen LogP contribution < -0.4 is 0 Å². The number of aliphatic carboxylic acids is 1.